The summed E-state index contributed by atoms with van der Waals surface area (Å²) in [6.07, 6.45) is 0.879. The lowest BCUT2D eigenvalue weighted by atomic mass is 10.1. The molecule has 1 aromatic rings. The fourth-order valence-electron chi connectivity index (χ4n) is 1.72. The van der Waals surface area contributed by atoms with Gasteiger partial charge in [0.05, 0.1) is 6.61 Å². The average Bonchev–Trinajstić information content (AvgIpc) is 2.36. The summed E-state index contributed by atoms with van der Waals surface area (Å²) in [5, 5.41) is 4.09. The first-order chi connectivity index (χ1) is 9.02. The normalized spacial score (nSPS) is 11.5. The fourth-order valence-corrected chi connectivity index (χ4v) is 1.72. The van der Waals surface area contributed by atoms with E-state index in [0.29, 0.717) is 18.1 Å². The Kier molecular flexibility index (Phi) is 6.06. The Morgan fingerprint density at radius 1 is 1.32 bits per heavy atom. The molecule has 1 aromatic carbocycles. The lowest BCUT2D eigenvalue weighted by Gasteiger charge is -2.06. The monoisotopic (exact) mass is 262 g/mol. The maximum atomic E-state index is 11.8. The molecule has 0 saturated heterocycles. The number of benzene rings is 1. The van der Waals surface area contributed by atoms with E-state index in [1.165, 1.54) is 0 Å². The highest BCUT2D eigenvalue weighted by Gasteiger charge is 2.05. The predicted octanol–water partition coefficient (Wildman–Crippen LogP) is 3.24. The second kappa shape index (κ2) is 7.56. The lowest BCUT2D eigenvalue weighted by Crippen LogP contribution is -2.19. The van der Waals surface area contributed by atoms with E-state index in [0.717, 1.165) is 17.9 Å². The van der Waals surface area contributed by atoms with E-state index in [9.17, 15) is 4.79 Å². The molecule has 1 N–H and O–H groups in total. The first-order valence-electron chi connectivity index (χ1n) is 6.59. The van der Waals surface area contributed by atoms with Crippen molar-refractivity contribution in [2.75, 3.05) is 6.61 Å². The molecule has 4 nitrogen and oxygen atoms in total. The topological polar surface area (TPSA) is 50.7 Å². The standard InChI is InChI=1S/C15H22N2O2/c1-5-19-14-8-6-13(7-9-14)15(18)17-16-12(4)10-11(2)3/h6-9,11H,5,10H2,1-4H3,(H,17,18)/b16-12+. The number of ether oxygens (including phenoxy) is 1. The van der Waals surface area contributed by atoms with E-state index in [-0.39, 0.29) is 5.91 Å². The van der Waals surface area contributed by atoms with Crippen LogP contribution in [0, 0.1) is 5.92 Å². The highest BCUT2D eigenvalue weighted by molar-refractivity contribution is 5.95. The summed E-state index contributed by atoms with van der Waals surface area (Å²) < 4.78 is 5.32. The second-order valence-corrected chi connectivity index (χ2v) is 4.84. The first kappa shape index (κ1) is 15.2. The minimum absolute atomic E-state index is 0.203. The number of amides is 1. The van der Waals surface area contributed by atoms with Gasteiger partial charge in [0.2, 0.25) is 0 Å². The molecule has 0 aliphatic carbocycles. The van der Waals surface area contributed by atoms with Crippen LogP contribution in [-0.4, -0.2) is 18.2 Å². The van der Waals surface area contributed by atoms with Gasteiger partial charge in [-0.3, -0.25) is 4.79 Å². The van der Waals surface area contributed by atoms with Crippen molar-refractivity contribution < 1.29 is 9.53 Å². The summed E-state index contributed by atoms with van der Waals surface area (Å²) in [6, 6.07) is 7.02. The van der Waals surface area contributed by atoms with E-state index in [4.69, 9.17) is 4.74 Å². The quantitative estimate of drug-likeness (QED) is 0.632. The van der Waals surface area contributed by atoms with Crippen molar-refractivity contribution in [2.45, 2.75) is 34.1 Å². The minimum Gasteiger partial charge on any atom is -0.494 e. The Balaban J connectivity index is 2.58. The van der Waals surface area contributed by atoms with Gasteiger partial charge in [0.15, 0.2) is 0 Å². The number of hydrogen-bond donors (Lipinski definition) is 1. The SMILES string of the molecule is CCOc1ccc(C(=O)N/N=C(\C)CC(C)C)cc1. The van der Waals surface area contributed by atoms with Crippen LogP contribution < -0.4 is 10.2 Å². The molecule has 0 aliphatic rings. The average molecular weight is 262 g/mol. The molecular weight excluding hydrogens is 240 g/mol. The van der Waals surface area contributed by atoms with Gasteiger partial charge in [0.1, 0.15) is 5.75 Å². The second-order valence-electron chi connectivity index (χ2n) is 4.84. The summed E-state index contributed by atoms with van der Waals surface area (Å²) >= 11 is 0. The molecule has 0 atom stereocenters. The zero-order valence-corrected chi connectivity index (χ0v) is 12.1. The molecule has 0 heterocycles. The van der Waals surface area contributed by atoms with Crippen molar-refractivity contribution in [1.82, 2.24) is 5.43 Å². The zero-order chi connectivity index (χ0) is 14.3. The third-order valence-corrected chi connectivity index (χ3v) is 2.48. The molecule has 19 heavy (non-hydrogen) atoms. The van der Waals surface area contributed by atoms with Crippen LogP contribution in [0.1, 0.15) is 44.5 Å². The smallest absolute Gasteiger partial charge is 0.271 e. The number of nitrogens with zero attached hydrogens (tertiary/aromatic N) is 1. The molecule has 0 radical (unpaired) electrons. The maximum absolute atomic E-state index is 11.8. The van der Waals surface area contributed by atoms with Crippen molar-refractivity contribution in [2.24, 2.45) is 11.0 Å². The number of carbonyl (C=O) groups is 1. The van der Waals surface area contributed by atoms with Crippen molar-refractivity contribution >= 4 is 11.6 Å². The van der Waals surface area contributed by atoms with E-state index < -0.39 is 0 Å². The number of nitrogens with one attached hydrogen (secondary N) is 1. The summed E-state index contributed by atoms with van der Waals surface area (Å²) in [6.45, 7) is 8.69. The van der Waals surface area contributed by atoms with Gasteiger partial charge in [-0.15, -0.1) is 0 Å². The van der Waals surface area contributed by atoms with Crippen LogP contribution in [0.4, 0.5) is 0 Å². The third-order valence-electron chi connectivity index (χ3n) is 2.48. The highest BCUT2D eigenvalue weighted by atomic mass is 16.5. The Morgan fingerprint density at radius 3 is 2.47 bits per heavy atom. The van der Waals surface area contributed by atoms with E-state index in [1.54, 1.807) is 24.3 Å². The summed E-state index contributed by atoms with van der Waals surface area (Å²) in [5.41, 5.74) is 4.06. The van der Waals surface area contributed by atoms with Gasteiger partial charge in [-0.25, -0.2) is 5.43 Å². The van der Waals surface area contributed by atoms with Crippen molar-refractivity contribution in [1.29, 1.82) is 0 Å². The summed E-state index contributed by atoms with van der Waals surface area (Å²) in [7, 11) is 0. The minimum atomic E-state index is -0.203. The van der Waals surface area contributed by atoms with E-state index in [2.05, 4.69) is 24.4 Å². The molecule has 104 valence electrons. The van der Waals surface area contributed by atoms with E-state index >= 15 is 0 Å². The van der Waals surface area contributed by atoms with Gasteiger partial charge in [-0.1, -0.05) is 13.8 Å². The van der Waals surface area contributed by atoms with Gasteiger partial charge in [-0.2, -0.15) is 5.10 Å². The van der Waals surface area contributed by atoms with E-state index in [1.807, 2.05) is 13.8 Å². The van der Waals surface area contributed by atoms with Gasteiger partial charge in [0.25, 0.3) is 5.91 Å². The fraction of sp³-hybridized carbons (Fsp3) is 0.467. The highest BCUT2D eigenvalue weighted by Crippen LogP contribution is 2.12. The molecule has 4 heteroatoms. The molecular formula is C15H22N2O2. The van der Waals surface area contributed by atoms with Crippen LogP contribution >= 0.6 is 0 Å². The number of hydrazone groups is 1. The Morgan fingerprint density at radius 2 is 1.95 bits per heavy atom. The Hall–Kier alpha value is -1.84. The first-order valence-corrected chi connectivity index (χ1v) is 6.59. The van der Waals surface area contributed by atoms with Gasteiger partial charge in [0, 0.05) is 11.3 Å². The molecule has 1 rings (SSSR count). The number of hydrogen-bond acceptors (Lipinski definition) is 3. The largest absolute Gasteiger partial charge is 0.494 e. The lowest BCUT2D eigenvalue weighted by molar-refractivity contribution is 0.0954. The van der Waals surface area contributed by atoms with Crippen molar-refractivity contribution in [3.05, 3.63) is 29.8 Å². The Bertz CT molecular complexity index is 436. The van der Waals surface area contributed by atoms with Crippen LogP contribution in [-0.2, 0) is 0 Å². The zero-order valence-electron chi connectivity index (χ0n) is 12.1. The summed E-state index contributed by atoms with van der Waals surface area (Å²) in [5.74, 6) is 1.09. The molecule has 1 amide bonds. The van der Waals surface area contributed by atoms with Gasteiger partial charge < -0.3 is 4.74 Å². The molecule has 0 fully saturated rings. The van der Waals surface area contributed by atoms with Crippen molar-refractivity contribution in [3.63, 3.8) is 0 Å². The maximum Gasteiger partial charge on any atom is 0.271 e. The van der Waals surface area contributed by atoms with Crippen LogP contribution in [0.5, 0.6) is 5.75 Å². The molecule has 0 aromatic heterocycles. The van der Waals surface area contributed by atoms with Crippen LogP contribution in [0.25, 0.3) is 0 Å². The third kappa shape index (κ3) is 5.55. The molecule has 0 aliphatic heterocycles. The predicted molar refractivity (Wildman–Crippen MR) is 77.6 cm³/mol. The molecule has 0 saturated carbocycles. The van der Waals surface area contributed by atoms with Gasteiger partial charge in [-0.05, 0) is 50.5 Å². The molecule has 0 spiro atoms. The van der Waals surface area contributed by atoms with Crippen molar-refractivity contribution in [3.8, 4) is 5.75 Å². The number of rotatable bonds is 6. The molecule has 0 unspecified atom stereocenters. The van der Waals surface area contributed by atoms with Gasteiger partial charge >= 0.3 is 0 Å². The summed E-state index contributed by atoms with van der Waals surface area (Å²) in [4.78, 5) is 11.8. The molecule has 0 bridgehead atoms. The van der Waals surface area contributed by atoms with Crippen LogP contribution in [0.15, 0.2) is 29.4 Å². The van der Waals surface area contributed by atoms with Crippen LogP contribution in [0.3, 0.4) is 0 Å². The Labute approximate surface area is 114 Å². The van der Waals surface area contributed by atoms with Crippen LogP contribution in [0.2, 0.25) is 0 Å². The number of carbonyl (C=O) groups excluding carboxylic acids is 1.